The van der Waals surface area contributed by atoms with Crippen molar-refractivity contribution < 1.29 is 4.79 Å². The fraction of sp³-hybridized carbons (Fsp3) is 0.294. The van der Waals surface area contributed by atoms with Crippen LogP contribution >= 0.6 is 0 Å². The van der Waals surface area contributed by atoms with E-state index in [4.69, 9.17) is 0 Å². The molecule has 1 aromatic heterocycles. The Balaban J connectivity index is 1.93. The summed E-state index contributed by atoms with van der Waals surface area (Å²) in [6, 6.07) is 11.6. The van der Waals surface area contributed by atoms with E-state index in [0.29, 0.717) is 5.69 Å². The standard InChI is InChI=1S/C17H18N2O/c20-17(14-8-4-1-2-5-9-14)16-12-13-18-19(16)15-10-6-3-7-11-15/h3,6-8,10-13H,1-2,4-5,9H2. The predicted molar refractivity (Wildman–Crippen MR) is 79.1 cm³/mol. The summed E-state index contributed by atoms with van der Waals surface area (Å²) in [6.45, 7) is 0. The molecule has 0 fully saturated rings. The number of carbonyl (C=O) groups excluding carboxylic acids is 1. The molecule has 1 aliphatic rings. The van der Waals surface area contributed by atoms with Crippen LogP contribution in [0.3, 0.4) is 0 Å². The van der Waals surface area contributed by atoms with E-state index in [2.05, 4.69) is 11.2 Å². The van der Waals surface area contributed by atoms with Crippen LogP contribution in [0.2, 0.25) is 0 Å². The summed E-state index contributed by atoms with van der Waals surface area (Å²) in [5.74, 6) is 0.119. The summed E-state index contributed by atoms with van der Waals surface area (Å²) < 4.78 is 1.73. The molecular formula is C17H18N2O. The molecule has 0 unspecified atom stereocenters. The van der Waals surface area contributed by atoms with E-state index in [0.717, 1.165) is 30.5 Å². The number of carbonyl (C=O) groups is 1. The zero-order valence-electron chi connectivity index (χ0n) is 11.5. The molecule has 0 aliphatic heterocycles. The zero-order chi connectivity index (χ0) is 13.8. The van der Waals surface area contributed by atoms with Gasteiger partial charge in [0.25, 0.3) is 0 Å². The number of hydrogen-bond acceptors (Lipinski definition) is 2. The van der Waals surface area contributed by atoms with E-state index in [1.54, 1.807) is 16.9 Å². The van der Waals surface area contributed by atoms with Gasteiger partial charge in [0, 0.05) is 0 Å². The number of Topliss-reactive ketones (excluding diaryl/α,β-unsaturated/α-hetero) is 1. The highest BCUT2D eigenvalue weighted by atomic mass is 16.1. The third kappa shape index (κ3) is 2.57. The summed E-state index contributed by atoms with van der Waals surface area (Å²) in [6.07, 6.45) is 9.21. The van der Waals surface area contributed by atoms with Crippen LogP contribution < -0.4 is 0 Å². The maximum absolute atomic E-state index is 12.7. The van der Waals surface area contributed by atoms with Gasteiger partial charge in [-0.05, 0) is 49.5 Å². The lowest BCUT2D eigenvalue weighted by atomic mass is 10.0. The predicted octanol–water partition coefficient (Wildman–Crippen LogP) is 3.95. The largest absolute Gasteiger partial charge is 0.287 e. The van der Waals surface area contributed by atoms with Crippen molar-refractivity contribution in [3.8, 4) is 5.69 Å². The van der Waals surface area contributed by atoms with Crippen LogP contribution in [0.4, 0.5) is 0 Å². The van der Waals surface area contributed by atoms with Crippen molar-refractivity contribution in [2.75, 3.05) is 0 Å². The summed E-state index contributed by atoms with van der Waals surface area (Å²) in [7, 11) is 0. The van der Waals surface area contributed by atoms with E-state index < -0.39 is 0 Å². The maximum Gasteiger partial charge on any atom is 0.207 e. The van der Waals surface area contributed by atoms with Gasteiger partial charge in [0.15, 0.2) is 0 Å². The van der Waals surface area contributed by atoms with Crippen LogP contribution in [-0.4, -0.2) is 15.6 Å². The molecule has 1 aromatic carbocycles. The summed E-state index contributed by atoms with van der Waals surface area (Å²) in [4.78, 5) is 12.7. The Kier molecular flexibility index (Phi) is 3.77. The molecule has 0 spiro atoms. The Labute approximate surface area is 118 Å². The Morgan fingerprint density at radius 2 is 1.90 bits per heavy atom. The van der Waals surface area contributed by atoms with Gasteiger partial charge in [0.1, 0.15) is 5.69 Å². The lowest BCUT2D eigenvalue weighted by molar-refractivity contribution is 0.102. The van der Waals surface area contributed by atoms with Gasteiger partial charge in [-0.25, -0.2) is 4.68 Å². The number of rotatable bonds is 3. The molecule has 102 valence electrons. The molecule has 0 N–H and O–H groups in total. The molecular weight excluding hydrogens is 248 g/mol. The van der Waals surface area contributed by atoms with Gasteiger partial charge in [-0.2, -0.15) is 5.10 Å². The van der Waals surface area contributed by atoms with Crippen LogP contribution in [0.25, 0.3) is 5.69 Å². The topological polar surface area (TPSA) is 34.9 Å². The van der Waals surface area contributed by atoms with E-state index in [-0.39, 0.29) is 5.78 Å². The van der Waals surface area contributed by atoms with Crippen LogP contribution in [-0.2, 0) is 0 Å². The fourth-order valence-corrected chi connectivity index (χ4v) is 2.64. The molecule has 0 amide bonds. The van der Waals surface area contributed by atoms with Crippen molar-refractivity contribution >= 4 is 5.78 Å². The first-order valence-corrected chi connectivity index (χ1v) is 7.19. The minimum atomic E-state index is 0.119. The minimum absolute atomic E-state index is 0.119. The number of allylic oxidation sites excluding steroid dienone is 2. The van der Waals surface area contributed by atoms with Gasteiger partial charge in [-0.15, -0.1) is 0 Å². The van der Waals surface area contributed by atoms with Gasteiger partial charge in [-0.1, -0.05) is 30.7 Å². The average molecular weight is 266 g/mol. The number of benzene rings is 1. The molecule has 0 saturated carbocycles. The molecule has 0 radical (unpaired) electrons. The lowest BCUT2D eigenvalue weighted by Crippen LogP contribution is -2.11. The first-order chi connectivity index (χ1) is 9.86. The second-order valence-electron chi connectivity index (χ2n) is 5.12. The van der Waals surface area contributed by atoms with E-state index in [1.165, 1.54) is 12.8 Å². The molecule has 1 heterocycles. The van der Waals surface area contributed by atoms with Gasteiger partial charge >= 0.3 is 0 Å². The molecule has 1 aliphatic carbocycles. The van der Waals surface area contributed by atoms with Crippen LogP contribution in [0.15, 0.2) is 54.2 Å². The van der Waals surface area contributed by atoms with Gasteiger partial charge in [0.05, 0.1) is 11.9 Å². The molecule has 2 aromatic rings. The Morgan fingerprint density at radius 1 is 1.05 bits per heavy atom. The molecule has 3 rings (SSSR count). The van der Waals surface area contributed by atoms with Crippen molar-refractivity contribution in [2.24, 2.45) is 0 Å². The Hall–Kier alpha value is -2.16. The highest BCUT2D eigenvalue weighted by Crippen LogP contribution is 2.22. The van der Waals surface area contributed by atoms with Gasteiger partial charge in [-0.3, -0.25) is 4.79 Å². The first kappa shape index (κ1) is 12.9. The van der Waals surface area contributed by atoms with Crippen LogP contribution in [0, 0.1) is 0 Å². The number of para-hydroxylation sites is 1. The number of ketones is 1. The monoisotopic (exact) mass is 266 g/mol. The quantitative estimate of drug-likeness (QED) is 0.788. The first-order valence-electron chi connectivity index (χ1n) is 7.19. The smallest absolute Gasteiger partial charge is 0.207 e. The fourth-order valence-electron chi connectivity index (χ4n) is 2.64. The second-order valence-corrected chi connectivity index (χ2v) is 5.12. The lowest BCUT2D eigenvalue weighted by Gasteiger charge is -2.08. The van der Waals surface area contributed by atoms with Crippen molar-refractivity contribution in [2.45, 2.75) is 32.1 Å². The minimum Gasteiger partial charge on any atom is -0.287 e. The third-order valence-corrected chi connectivity index (χ3v) is 3.71. The third-order valence-electron chi connectivity index (χ3n) is 3.71. The highest BCUT2D eigenvalue weighted by molar-refractivity contribution is 6.07. The molecule has 3 heteroatoms. The zero-order valence-corrected chi connectivity index (χ0v) is 11.5. The molecule has 0 bridgehead atoms. The van der Waals surface area contributed by atoms with Gasteiger partial charge < -0.3 is 0 Å². The molecule has 0 saturated heterocycles. The van der Waals surface area contributed by atoms with Crippen molar-refractivity contribution in [1.29, 1.82) is 0 Å². The molecule has 3 nitrogen and oxygen atoms in total. The van der Waals surface area contributed by atoms with Crippen LogP contribution in [0.5, 0.6) is 0 Å². The second kappa shape index (κ2) is 5.87. The summed E-state index contributed by atoms with van der Waals surface area (Å²) >= 11 is 0. The molecule has 0 atom stereocenters. The maximum atomic E-state index is 12.7. The number of hydrogen-bond donors (Lipinski definition) is 0. The SMILES string of the molecule is O=C(C1=CCCCCC1)c1ccnn1-c1ccccc1. The number of aromatic nitrogens is 2. The average Bonchev–Trinajstić information content (AvgIpc) is 2.82. The summed E-state index contributed by atoms with van der Waals surface area (Å²) in [5, 5.41) is 4.29. The summed E-state index contributed by atoms with van der Waals surface area (Å²) in [5.41, 5.74) is 2.53. The van der Waals surface area contributed by atoms with Crippen molar-refractivity contribution in [3.63, 3.8) is 0 Å². The Bertz CT molecular complexity index is 625. The van der Waals surface area contributed by atoms with E-state index in [9.17, 15) is 4.79 Å². The van der Waals surface area contributed by atoms with Crippen LogP contribution in [0.1, 0.15) is 42.6 Å². The van der Waals surface area contributed by atoms with Crippen molar-refractivity contribution in [3.05, 3.63) is 59.9 Å². The normalized spacial score (nSPS) is 15.5. The highest BCUT2D eigenvalue weighted by Gasteiger charge is 2.18. The molecule has 20 heavy (non-hydrogen) atoms. The van der Waals surface area contributed by atoms with Gasteiger partial charge in [0.2, 0.25) is 5.78 Å². The Morgan fingerprint density at radius 3 is 2.75 bits per heavy atom. The van der Waals surface area contributed by atoms with E-state index >= 15 is 0 Å². The van der Waals surface area contributed by atoms with E-state index in [1.807, 2.05) is 30.3 Å². The van der Waals surface area contributed by atoms with Crippen molar-refractivity contribution in [1.82, 2.24) is 9.78 Å². The number of nitrogens with zero attached hydrogens (tertiary/aromatic N) is 2.